The van der Waals surface area contributed by atoms with Crippen LogP contribution >= 0.6 is 12.4 Å². The van der Waals surface area contributed by atoms with Gasteiger partial charge in [0.25, 0.3) is 0 Å². The zero-order valence-electron chi connectivity index (χ0n) is 10.9. The lowest BCUT2D eigenvalue weighted by atomic mass is 9.79. The molecular weight excluding hydrogens is 253 g/mol. The van der Waals surface area contributed by atoms with Crippen LogP contribution in [0.25, 0.3) is 0 Å². The van der Waals surface area contributed by atoms with E-state index in [1.54, 1.807) is 12.3 Å². The first-order chi connectivity index (χ1) is 7.97. The van der Waals surface area contributed by atoms with Crippen molar-refractivity contribution in [3.05, 3.63) is 29.8 Å². The first kappa shape index (κ1) is 15.3. The highest BCUT2D eigenvalue weighted by atomic mass is 35.5. The highest BCUT2D eigenvalue weighted by Crippen LogP contribution is 2.28. The number of nitrogens with zero attached hydrogens (tertiary/aromatic N) is 2. The van der Waals surface area contributed by atoms with Gasteiger partial charge < -0.3 is 5.73 Å². The molecule has 2 rings (SSSR count). The third kappa shape index (κ3) is 3.64. The van der Waals surface area contributed by atoms with Gasteiger partial charge in [-0.15, -0.1) is 12.4 Å². The first-order valence-electron chi connectivity index (χ1n) is 6.05. The normalized spacial score (nSPS) is 23.4. The lowest BCUT2D eigenvalue weighted by Crippen LogP contribution is -2.52. The van der Waals surface area contributed by atoms with Crippen molar-refractivity contribution in [2.24, 2.45) is 11.1 Å². The van der Waals surface area contributed by atoms with Crippen molar-refractivity contribution in [1.29, 1.82) is 0 Å². The molecule has 102 valence electrons. The number of rotatable bonds is 2. The van der Waals surface area contributed by atoms with Gasteiger partial charge in [-0.2, -0.15) is 0 Å². The van der Waals surface area contributed by atoms with E-state index in [4.69, 9.17) is 5.73 Å². The molecule has 1 aliphatic rings. The predicted molar refractivity (Wildman–Crippen MR) is 73.1 cm³/mol. The van der Waals surface area contributed by atoms with Crippen LogP contribution < -0.4 is 5.73 Å². The highest BCUT2D eigenvalue weighted by Gasteiger charge is 2.33. The van der Waals surface area contributed by atoms with E-state index in [0.717, 1.165) is 31.6 Å². The minimum atomic E-state index is -0.268. The summed E-state index contributed by atoms with van der Waals surface area (Å²) in [6.45, 7) is 7.05. The van der Waals surface area contributed by atoms with Crippen LogP contribution in [0, 0.1) is 11.2 Å². The Morgan fingerprint density at radius 3 is 2.83 bits per heavy atom. The predicted octanol–water partition coefficient (Wildman–Crippen LogP) is 2.20. The number of halogens is 2. The average molecular weight is 274 g/mol. The Hall–Kier alpha value is -0.710. The van der Waals surface area contributed by atoms with Crippen molar-refractivity contribution in [2.75, 3.05) is 13.1 Å². The maximum atomic E-state index is 13.0. The molecule has 1 fully saturated rings. The van der Waals surface area contributed by atoms with E-state index >= 15 is 0 Å². The average Bonchev–Trinajstić information content (AvgIpc) is 2.23. The summed E-state index contributed by atoms with van der Waals surface area (Å²) in [5, 5.41) is 0. The maximum Gasteiger partial charge on any atom is 0.141 e. The minimum absolute atomic E-state index is 0. The lowest BCUT2D eigenvalue weighted by molar-refractivity contribution is 0.0897. The van der Waals surface area contributed by atoms with Gasteiger partial charge in [-0.25, -0.2) is 4.39 Å². The molecule has 1 saturated heterocycles. The molecule has 1 unspecified atom stereocenters. The lowest BCUT2D eigenvalue weighted by Gasteiger charge is -2.42. The van der Waals surface area contributed by atoms with Gasteiger partial charge in [-0.05, 0) is 23.5 Å². The molecule has 2 N–H and O–H groups in total. The van der Waals surface area contributed by atoms with Crippen molar-refractivity contribution in [3.8, 4) is 0 Å². The molecular formula is C13H21ClFN3. The monoisotopic (exact) mass is 273 g/mol. The molecule has 0 radical (unpaired) electrons. The van der Waals surface area contributed by atoms with Gasteiger partial charge in [-0.3, -0.25) is 9.88 Å². The quantitative estimate of drug-likeness (QED) is 0.898. The van der Waals surface area contributed by atoms with E-state index in [2.05, 4.69) is 23.7 Å². The molecule has 0 bridgehead atoms. The van der Waals surface area contributed by atoms with Gasteiger partial charge in [0.2, 0.25) is 0 Å². The second-order valence-electron chi connectivity index (χ2n) is 5.61. The number of pyridine rings is 1. The van der Waals surface area contributed by atoms with Crippen LogP contribution in [-0.4, -0.2) is 29.0 Å². The SMILES string of the molecule is CC1(C)CN(Cc2cncc(F)c2)CCC1N.Cl. The van der Waals surface area contributed by atoms with E-state index in [1.807, 2.05) is 0 Å². The third-order valence-corrected chi connectivity index (χ3v) is 3.56. The number of aromatic nitrogens is 1. The molecule has 0 amide bonds. The molecule has 1 aromatic heterocycles. The third-order valence-electron chi connectivity index (χ3n) is 3.56. The molecule has 0 aromatic carbocycles. The molecule has 5 heteroatoms. The summed E-state index contributed by atoms with van der Waals surface area (Å²) in [4.78, 5) is 6.19. The van der Waals surface area contributed by atoms with Crippen LogP contribution in [0.5, 0.6) is 0 Å². The Bertz CT molecular complexity index is 398. The summed E-state index contributed by atoms with van der Waals surface area (Å²) in [5.74, 6) is -0.268. The summed E-state index contributed by atoms with van der Waals surface area (Å²) in [6, 6.07) is 1.80. The van der Waals surface area contributed by atoms with Crippen molar-refractivity contribution in [3.63, 3.8) is 0 Å². The second kappa shape index (κ2) is 5.95. The van der Waals surface area contributed by atoms with E-state index in [9.17, 15) is 4.39 Å². The van der Waals surface area contributed by atoms with Gasteiger partial charge >= 0.3 is 0 Å². The van der Waals surface area contributed by atoms with Crippen LogP contribution in [0.1, 0.15) is 25.8 Å². The standard InChI is InChI=1S/C13H20FN3.ClH/c1-13(2)9-17(4-3-12(13)15)8-10-5-11(14)7-16-6-10;/h5-7,12H,3-4,8-9,15H2,1-2H3;1H. The van der Waals surface area contributed by atoms with Gasteiger partial charge in [0.1, 0.15) is 5.82 Å². The molecule has 0 spiro atoms. The van der Waals surface area contributed by atoms with Gasteiger partial charge in [-0.1, -0.05) is 13.8 Å². The zero-order chi connectivity index (χ0) is 12.5. The summed E-state index contributed by atoms with van der Waals surface area (Å²) in [7, 11) is 0. The fraction of sp³-hybridized carbons (Fsp3) is 0.615. The molecule has 18 heavy (non-hydrogen) atoms. The topological polar surface area (TPSA) is 42.2 Å². The number of hydrogen-bond donors (Lipinski definition) is 1. The maximum absolute atomic E-state index is 13.0. The molecule has 0 aliphatic carbocycles. The van der Waals surface area contributed by atoms with E-state index in [-0.39, 0.29) is 29.7 Å². The van der Waals surface area contributed by atoms with E-state index < -0.39 is 0 Å². The molecule has 1 aliphatic heterocycles. The second-order valence-corrected chi connectivity index (χ2v) is 5.61. The Labute approximate surface area is 114 Å². The molecule has 1 atom stereocenters. The number of likely N-dealkylation sites (tertiary alicyclic amines) is 1. The molecule has 1 aromatic rings. The Kier molecular flexibility index (Phi) is 5.08. The van der Waals surface area contributed by atoms with Crippen molar-refractivity contribution in [1.82, 2.24) is 9.88 Å². The molecule has 2 heterocycles. The summed E-state index contributed by atoms with van der Waals surface area (Å²) < 4.78 is 13.0. The fourth-order valence-electron chi connectivity index (χ4n) is 2.42. The van der Waals surface area contributed by atoms with E-state index in [0.29, 0.717) is 0 Å². The van der Waals surface area contributed by atoms with Gasteiger partial charge in [0, 0.05) is 31.9 Å². The number of hydrogen-bond acceptors (Lipinski definition) is 3. The van der Waals surface area contributed by atoms with Crippen LogP contribution in [0.4, 0.5) is 4.39 Å². The van der Waals surface area contributed by atoms with Crippen LogP contribution in [0.2, 0.25) is 0 Å². The van der Waals surface area contributed by atoms with Crippen LogP contribution in [-0.2, 0) is 6.54 Å². The summed E-state index contributed by atoms with van der Waals surface area (Å²) in [6.07, 6.45) is 3.96. The largest absolute Gasteiger partial charge is 0.327 e. The fourth-order valence-corrected chi connectivity index (χ4v) is 2.42. The smallest absolute Gasteiger partial charge is 0.141 e. The summed E-state index contributed by atoms with van der Waals surface area (Å²) >= 11 is 0. The summed E-state index contributed by atoms with van der Waals surface area (Å²) in [5.41, 5.74) is 7.14. The Morgan fingerprint density at radius 2 is 2.22 bits per heavy atom. The van der Waals surface area contributed by atoms with Crippen molar-refractivity contribution in [2.45, 2.75) is 32.9 Å². The van der Waals surface area contributed by atoms with Crippen molar-refractivity contribution < 1.29 is 4.39 Å². The van der Waals surface area contributed by atoms with Gasteiger partial charge in [0.15, 0.2) is 0 Å². The first-order valence-corrected chi connectivity index (χ1v) is 6.05. The Morgan fingerprint density at radius 1 is 1.50 bits per heavy atom. The number of piperidine rings is 1. The Balaban J connectivity index is 0.00000162. The minimum Gasteiger partial charge on any atom is -0.327 e. The van der Waals surface area contributed by atoms with Crippen LogP contribution in [0.15, 0.2) is 18.5 Å². The van der Waals surface area contributed by atoms with Crippen molar-refractivity contribution >= 4 is 12.4 Å². The number of nitrogens with two attached hydrogens (primary N) is 1. The van der Waals surface area contributed by atoms with Crippen LogP contribution in [0.3, 0.4) is 0 Å². The highest BCUT2D eigenvalue weighted by molar-refractivity contribution is 5.85. The van der Waals surface area contributed by atoms with E-state index in [1.165, 1.54) is 6.20 Å². The van der Waals surface area contributed by atoms with Gasteiger partial charge in [0.05, 0.1) is 6.20 Å². The molecule has 3 nitrogen and oxygen atoms in total. The molecule has 0 saturated carbocycles. The zero-order valence-corrected chi connectivity index (χ0v) is 11.7.